The van der Waals surface area contributed by atoms with Gasteiger partial charge in [0, 0.05) is 17.1 Å². The van der Waals surface area contributed by atoms with E-state index in [0.717, 1.165) is 22.5 Å². The molecule has 23 heavy (non-hydrogen) atoms. The van der Waals surface area contributed by atoms with Gasteiger partial charge in [-0.15, -0.1) is 0 Å². The lowest BCUT2D eigenvalue weighted by Gasteiger charge is -2.11. The zero-order valence-electron chi connectivity index (χ0n) is 13.4. The highest BCUT2D eigenvalue weighted by atomic mass is 14.9. The fourth-order valence-corrected chi connectivity index (χ4v) is 2.17. The van der Waals surface area contributed by atoms with Gasteiger partial charge in [0.05, 0.1) is 0 Å². The maximum absolute atomic E-state index is 6.04. The van der Waals surface area contributed by atoms with Crippen LogP contribution in [0.15, 0.2) is 86.0 Å². The SMILES string of the molecule is C=C/C=C\C=C(/N)c1ccc(C(=C)Nc2cccc(C)c2)cc1. The second kappa shape index (κ2) is 7.85. The van der Waals surface area contributed by atoms with E-state index in [1.54, 1.807) is 6.08 Å². The van der Waals surface area contributed by atoms with E-state index in [9.17, 15) is 0 Å². The summed E-state index contributed by atoms with van der Waals surface area (Å²) in [6.45, 7) is 9.80. The maximum atomic E-state index is 6.04. The van der Waals surface area contributed by atoms with Crippen molar-refractivity contribution in [2.75, 3.05) is 5.32 Å². The topological polar surface area (TPSA) is 38.0 Å². The summed E-state index contributed by atoms with van der Waals surface area (Å²) in [5.41, 5.74) is 11.9. The molecule has 3 N–H and O–H groups in total. The van der Waals surface area contributed by atoms with E-state index in [0.29, 0.717) is 5.70 Å². The van der Waals surface area contributed by atoms with E-state index in [1.807, 2.05) is 54.6 Å². The van der Waals surface area contributed by atoms with Crippen molar-refractivity contribution in [3.8, 4) is 0 Å². The molecule has 0 aliphatic rings. The van der Waals surface area contributed by atoms with Gasteiger partial charge in [-0.3, -0.25) is 0 Å². The monoisotopic (exact) mass is 302 g/mol. The van der Waals surface area contributed by atoms with E-state index in [-0.39, 0.29) is 0 Å². The highest BCUT2D eigenvalue weighted by Gasteiger charge is 2.01. The molecule has 0 amide bonds. The fraction of sp³-hybridized carbons (Fsp3) is 0.0476. The van der Waals surface area contributed by atoms with Crippen LogP contribution in [0.3, 0.4) is 0 Å². The van der Waals surface area contributed by atoms with E-state index in [4.69, 9.17) is 5.73 Å². The standard InChI is InChI=1S/C21H22N2/c1-4-5-6-10-21(22)19-13-11-18(12-14-19)17(3)23-20-9-7-8-16(2)15-20/h4-15,23H,1,3,22H2,2H3/b6-5-,21-10-. The Morgan fingerprint density at radius 2 is 1.74 bits per heavy atom. The summed E-state index contributed by atoms with van der Waals surface area (Å²) in [7, 11) is 0. The molecule has 0 saturated carbocycles. The molecular weight excluding hydrogens is 280 g/mol. The minimum atomic E-state index is 0.715. The van der Waals surface area contributed by atoms with Crippen molar-refractivity contribution in [3.05, 3.63) is 103 Å². The lowest BCUT2D eigenvalue weighted by molar-refractivity contribution is 1.44. The second-order valence-corrected chi connectivity index (χ2v) is 5.29. The lowest BCUT2D eigenvalue weighted by atomic mass is 10.1. The van der Waals surface area contributed by atoms with Gasteiger partial charge >= 0.3 is 0 Å². The minimum Gasteiger partial charge on any atom is -0.398 e. The lowest BCUT2D eigenvalue weighted by Crippen LogP contribution is -1.99. The summed E-state index contributed by atoms with van der Waals surface area (Å²) < 4.78 is 0. The van der Waals surface area contributed by atoms with Crippen LogP contribution in [0.4, 0.5) is 5.69 Å². The molecule has 0 aliphatic carbocycles. The van der Waals surface area contributed by atoms with Crippen molar-refractivity contribution in [1.29, 1.82) is 0 Å². The number of benzene rings is 2. The first-order valence-corrected chi connectivity index (χ1v) is 7.48. The van der Waals surface area contributed by atoms with Crippen LogP contribution in [0.2, 0.25) is 0 Å². The smallest absolute Gasteiger partial charge is 0.0387 e. The Kier molecular flexibility index (Phi) is 5.59. The van der Waals surface area contributed by atoms with Crippen molar-refractivity contribution >= 4 is 17.1 Å². The van der Waals surface area contributed by atoms with Crippen LogP contribution in [-0.2, 0) is 0 Å². The second-order valence-electron chi connectivity index (χ2n) is 5.29. The summed E-state index contributed by atoms with van der Waals surface area (Å²) in [5, 5.41) is 3.33. The fourth-order valence-electron chi connectivity index (χ4n) is 2.17. The molecule has 0 bridgehead atoms. The van der Waals surface area contributed by atoms with Gasteiger partial charge < -0.3 is 11.1 Å². The van der Waals surface area contributed by atoms with Crippen LogP contribution in [-0.4, -0.2) is 0 Å². The molecule has 116 valence electrons. The molecule has 2 aromatic rings. The number of nitrogens with two attached hydrogens (primary N) is 1. The van der Waals surface area contributed by atoms with Crippen LogP contribution in [0.25, 0.3) is 11.4 Å². The predicted octanol–water partition coefficient (Wildman–Crippen LogP) is 5.12. The average molecular weight is 302 g/mol. The summed E-state index contributed by atoms with van der Waals surface area (Å²) in [4.78, 5) is 0. The van der Waals surface area contributed by atoms with Gasteiger partial charge in [-0.25, -0.2) is 0 Å². The molecule has 0 unspecified atom stereocenters. The molecular formula is C21H22N2. The van der Waals surface area contributed by atoms with Crippen molar-refractivity contribution in [1.82, 2.24) is 0 Å². The van der Waals surface area contributed by atoms with Crippen LogP contribution >= 0.6 is 0 Å². The summed E-state index contributed by atoms with van der Waals surface area (Å²) in [6, 6.07) is 16.2. The van der Waals surface area contributed by atoms with E-state index in [2.05, 4.69) is 37.5 Å². The first-order valence-electron chi connectivity index (χ1n) is 7.48. The highest BCUT2D eigenvalue weighted by Crippen LogP contribution is 2.19. The molecule has 0 heterocycles. The maximum Gasteiger partial charge on any atom is 0.0387 e. The molecule has 0 spiro atoms. The molecule has 2 heteroatoms. The Labute approximate surface area is 138 Å². The Balaban J connectivity index is 2.09. The molecule has 2 rings (SSSR count). The van der Waals surface area contributed by atoms with Gasteiger partial charge in [0.25, 0.3) is 0 Å². The predicted molar refractivity (Wildman–Crippen MR) is 102 cm³/mol. The highest BCUT2D eigenvalue weighted by molar-refractivity contribution is 5.76. The largest absolute Gasteiger partial charge is 0.398 e. The van der Waals surface area contributed by atoms with Crippen LogP contribution in [0, 0.1) is 6.92 Å². The molecule has 0 atom stereocenters. The van der Waals surface area contributed by atoms with E-state index < -0.39 is 0 Å². The Bertz CT molecular complexity index is 750. The van der Waals surface area contributed by atoms with Crippen molar-refractivity contribution in [3.63, 3.8) is 0 Å². The van der Waals surface area contributed by atoms with Gasteiger partial charge in [-0.2, -0.15) is 0 Å². The molecule has 0 aromatic heterocycles. The third-order valence-electron chi connectivity index (χ3n) is 3.40. The van der Waals surface area contributed by atoms with Crippen molar-refractivity contribution < 1.29 is 0 Å². The van der Waals surface area contributed by atoms with E-state index in [1.165, 1.54) is 5.56 Å². The van der Waals surface area contributed by atoms with Gasteiger partial charge in [-0.05, 0) is 41.8 Å². The number of hydrogen-bond acceptors (Lipinski definition) is 2. The summed E-state index contributed by atoms with van der Waals surface area (Å²) in [6.07, 6.45) is 7.29. The average Bonchev–Trinajstić information content (AvgIpc) is 2.55. The zero-order chi connectivity index (χ0) is 16.7. The van der Waals surface area contributed by atoms with Gasteiger partial charge in [0.15, 0.2) is 0 Å². The molecule has 0 saturated heterocycles. The zero-order valence-corrected chi connectivity index (χ0v) is 13.4. The van der Waals surface area contributed by atoms with Gasteiger partial charge in [0.2, 0.25) is 0 Å². The molecule has 0 radical (unpaired) electrons. The summed E-state index contributed by atoms with van der Waals surface area (Å²) >= 11 is 0. The number of hydrogen-bond donors (Lipinski definition) is 2. The van der Waals surface area contributed by atoms with Crippen LogP contribution < -0.4 is 11.1 Å². The number of rotatable bonds is 6. The minimum absolute atomic E-state index is 0.715. The van der Waals surface area contributed by atoms with Gasteiger partial charge in [0.1, 0.15) is 0 Å². The first kappa shape index (κ1) is 16.4. The molecule has 0 fully saturated rings. The number of aryl methyl sites for hydroxylation is 1. The molecule has 0 aliphatic heterocycles. The normalized spacial score (nSPS) is 11.4. The Morgan fingerprint density at radius 3 is 2.39 bits per heavy atom. The molecule has 2 aromatic carbocycles. The number of allylic oxidation sites excluding steroid dienone is 4. The van der Waals surface area contributed by atoms with Crippen LogP contribution in [0.5, 0.6) is 0 Å². The van der Waals surface area contributed by atoms with Crippen molar-refractivity contribution in [2.24, 2.45) is 5.73 Å². The number of anilines is 1. The number of nitrogens with one attached hydrogen (secondary N) is 1. The Hall–Kier alpha value is -3.00. The Morgan fingerprint density at radius 1 is 1.04 bits per heavy atom. The van der Waals surface area contributed by atoms with Crippen LogP contribution in [0.1, 0.15) is 16.7 Å². The first-order chi connectivity index (χ1) is 11.1. The van der Waals surface area contributed by atoms with Gasteiger partial charge in [-0.1, -0.05) is 67.8 Å². The third kappa shape index (κ3) is 4.75. The third-order valence-corrected chi connectivity index (χ3v) is 3.40. The summed E-state index contributed by atoms with van der Waals surface area (Å²) in [5.74, 6) is 0. The van der Waals surface area contributed by atoms with Crippen molar-refractivity contribution in [2.45, 2.75) is 6.92 Å². The molecule has 2 nitrogen and oxygen atoms in total. The quantitative estimate of drug-likeness (QED) is 0.727. The van der Waals surface area contributed by atoms with E-state index >= 15 is 0 Å².